The predicted molar refractivity (Wildman–Crippen MR) is 78.8 cm³/mol. The Kier molecular flexibility index (Phi) is 3.73. The van der Waals surface area contributed by atoms with Crippen molar-refractivity contribution in [3.63, 3.8) is 0 Å². The van der Waals surface area contributed by atoms with Crippen LogP contribution in [0.4, 0.5) is 4.79 Å². The number of ether oxygens (including phenoxy) is 1. The summed E-state index contributed by atoms with van der Waals surface area (Å²) in [4.78, 5) is 20.1. The minimum Gasteiger partial charge on any atom is -0.410 e. The maximum atomic E-state index is 11.7. The van der Waals surface area contributed by atoms with E-state index < -0.39 is 6.09 Å². The van der Waals surface area contributed by atoms with Crippen LogP contribution in [0.2, 0.25) is 0 Å². The molecule has 0 fully saturated rings. The van der Waals surface area contributed by atoms with Crippen molar-refractivity contribution in [1.29, 1.82) is 0 Å². The standard InChI is InChI=1S/C16H13N3O2/c20-16(21-13-4-2-1-3-5-13)19-11-12-6-7-14-15(10-12)18-9-8-17-14/h1-10H,11H2,(H,19,20). The highest BCUT2D eigenvalue weighted by atomic mass is 16.5. The molecule has 0 aliphatic rings. The van der Waals surface area contributed by atoms with Crippen molar-refractivity contribution in [2.75, 3.05) is 0 Å². The van der Waals surface area contributed by atoms with Crippen LogP contribution in [-0.2, 0) is 6.54 Å². The molecule has 2 aromatic carbocycles. The van der Waals surface area contributed by atoms with Crippen LogP contribution in [0.15, 0.2) is 60.9 Å². The molecule has 104 valence electrons. The molecule has 5 nitrogen and oxygen atoms in total. The number of fused-ring (bicyclic) bond motifs is 1. The van der Waals surface area contributed by atoms with E-state index >= 15 is 0 Å². The molecule has 1 aromatic heterocycles. The van der Waals surface area contributed by atoms with Gasteiger partial charge in [0, 0.05) is 18.9 Å². The van der Waals surface area contributed by atoms with Gasteiger partial charge in [-0.25, -0.2) is 4.79 Å². The fourth-order valence-corrected chi connectivity index (χ4v) is 1.92. The Morgan fingerprint density at radius 1 is 1.00 bits per heavy atom. The first-order valence-corrected chi connectivity index (χ1v) is 6.52. The van der Waals surface area contributed by atoms with E-state index in [-0.39, 0.29) is 0 Å². The predicted octanol–water partition coefficient (Wildman–Crippen LogP) is 2.92. The highest BCUT2D eigenvalue weighted by molar-refractivity contribution is 5.75. The number of hydrogen-bond donors (Lipinski definition) is 1. The van der Waals surface area contributed by atoms with Gasteiger partial charge in [0.2, 0.25) is 0 Å². The Morgan fingerprint density at radius 2 is 1.76 bits per heavy atom. The molecule has 0 bridgehead atoms. The summed E-state index contributed by atoms with van der Waals surface area (Å²) < 4.78 is 5.15. The second kappa shape index (κ2) is 6.00. The molecular weight excluding hydrogens is 266 g/mol. The monoisotopic (exact) mass is 279 g/mol. The summed E-state index contributed by atoms with van der Waals surface area (Å²) in [7, 11) is 0. The molecule has 0 atom stereocenters. The van der Waals surface area contributed by atoms with Crippen molar-refractivity contribution >= 4 is 17.1 Å². The molecule has 5 heteroatoms. The van der Waals surface area contributed by atoms with Gasteiger partial charge in [-0.3, -0.25) is 9.97 Å². The third-order valence-electron chi connectivity index (χ3n) is 2.92. The summed E-state index contributed by atoms with van der Waals surface area (Å²) in [6.07, 6.45) is 2.81. The molecule has 0 saturated heterocycles. The Labute approximate surface area is 121 Å². The topological polar surface area (TPSA) is 64.1 Å². The summed E-state index contributed by atoms with van der Waals surface area (Å²) >= 11 is 0. The Morgan fingerprint density at radius 3 is 2.57 bits per heavy atom. The number of nitrogens with zero attached hydrogens (tertiary/aromatic N) is 2. The first-order chi connectivity index (χ1) is 10.3. The maximum Gasteiger partial charge on any atom is 0.412 e. The average molecular weight is 279 g/mol. The Hall–Kier alpha value is -2.95. The van der Waals surface area contributed by atoms with E-state index in [0.717, 1.165) is 16.6 Å². The van der Waals surface area contributed by atoms with Gasteiger partial charge in [-0.1, -0.05) is 24.3 Å². The zero-order valence-electron chi connectivity index (χ0n) is 11.2. The number of nitrogens with one attached hydrogen (secondary N) is 1. The first-order valence-electron chi connectivity index (χ1n) is 6.52. The van der Waals surface area contributed by atoms with Crippen molar-refractivity contribution in [2.24, 2.45) is 0 Å². The quantitative estimate of drug-likeness (QED) is 0.800. The summed E-state index contributed by atoms with van der Waals surface area (Å²) in [5, 5.41) is 2.70. The molecule has 0 radical (unpaired) electrons. The van der Waals surface area contributed by atoms with Gasteiger partial charge in [-0.05, 0) is 29.8 Å². The molecule has 0 spiro atoms. The molecule has 21 heavy (non-hydrogen) atoms. The van der Waals surface area contributed by atoms with Crippen LogP contribution in [0.5, 0.6) is 5.75 Å². The zero-order valence-corrected chi connectivity index (χ0v) is 11.2. The summed E-state index contributed by atoms with van der Waals surface area (Å²) in [5.74, 6) is 0.513. The highest BCUT2D eigenvalue weighted by Crippen LogP contribution is 2.11. The minimum atomic E-state index is -0.486. The van der Waals surface area contributed by atoms with E-state index in [1.165, 1.54) is 0 Å². The second-order valence-electron chi connectivity index (χ2n) is 4.44. The number of para-hydroxylation sites is 1. The third-order valence-corrected chi connectivity index (χ3v) is 2.92. The Balaban J connectivity index is 1.62. The van der Waals surface area contributed by atoms with Gasteiger partial charge in [0.1, 0.15) is 5.75 Å². The number of rotatable bonds is 3. The molecule has 3 aromatic rings. The van der Waals surface area contributed by atoms with Crippen molar-refractivity contribution < 1.29 is 9.53 Å². The van der Waals surface area contributed by atoms with Gasteiger partial charge in [0.05, 0.1) is 11.0 Å². The lowest BCUT2D eigenvalue weighted by Crippen LogP contribution is -2.26. The van der Waals surface area contributed by atoms with Crippen LogP contribution in [0, 0.1) is 0 Å². The summed E-state index contributed by atoms with van der Waals surface area (Å²) in [6, 6.07) is 14.6. The van der Waals surface area contributed by atoms with Crippen LogP contribution in [-0.4, -0.2) is 16.1 Å². The van der Waals surface area contributed by atoms with Gasteiger partial charge in [0.25, 0.3) is 0 Å². The highest BCUT2D eigenvalue weighted by Gasteiger charge is 2.04. The second-order valence-corrected chi connectivity index (χ2v) is 4.44. The molecule has 1 amide bonds. The lowest BCUT2D eigenvalue weighted by atomic mass is 10.2. The number of benzene rings is 2. The number of carbonyl (C=O) groups is 1. The van der Waals surface area contributed by atoms with E-state index in [0.29, 0.717) is 12.3 Å². The van der Waals surface area contributed by atoms with E-state index in [1.807, 2.05) is 36.4 Å². The van der Waals surface area contributed by atoms with Crippen molar-refractivity contribution in [3.8, 4) is 5.75 Å². The third kappa shape index (κ3) is 3.33. The fraction of sp³-hybridized carbons (Fsp3) is 0.0625. The summed E-state index contributed by atoms with van der Waals surface area (Å²) in [5.41, 5.74) is 2.56. The lowest BCUT2D eigenvalue weighted by Gasteiger charge is -2.07. The Bertz CT molecular complexity index is 760. The van der Waals surface area contributed by atoms with E-state index in [1.54, 1.807) is 24.5 Å². The van der Waals surface area contributed by atoms with Crippen LogP contribution in [0.25, 0.3) is 11.0 Å². The van der Waals surface area contributed by atoms with Crippen LogP contribution in [0.1, 0.15) is 5.56 Å². The van der Waals surface area contributed by atoms with E-state index in [9.17, 15) is 4.79 Å². The van der Waals surface area contributed by atoms with Gasteiger partial charge >= 0.3 is 6.09 Å². The fourth-order valence-electron chi connectivity index (χ4n) is 1.92. The van der Waals surface area contributed by atoms with Crippen LogP contribution < -0.4 is 10.1 Å². The molecular formula is C16H13N3O2. The zero-order chi connectivity index (χ0) is 14.5. The molecule has 1 heterocycles. The van der Waals surface area contributed by atoms with Crippen molar-refractivity contribution in [1.82, 2.24) is 15.3 Å². The molecule has 1 N–H and O–H groups in total. The van der Waals surface area contributed by atoms with Crippen molar-refractivity contribution in [3.05, 3.63) is 66.5 Å². The molecule has 0 saturated carbocycles. The average Bonchev–Trinajstić information content (AvgIpc) is 2.54. The van der Waals surface area contributed by atoms with Gasteiger partial charge < -0.3 is 10.1 Å². The summed E-state index contributed by atoms with van der Waals surface area (Å²) in [6.45, 7) is 0.373. The maximum absolute atomic E-state index is 11.7. The minimum absolute atomic E-state index is 0.373. The molecule has 0 aliphatic heterocycles. The van der Waals surface area contributed by atoms with Gasteiger partial charge in [0.15, 0.2) is 0 Å². The van der Waals surface area contributed by atoms with E-state index in [4.69, 9.17) is 4.74 Å². The molecule has 0 unspecified atom stereocenters. The normalized spacial score (nSPS) is 10.3. The largest absolute Gasteiger partial charge is 0.412 e. The number of aromatic nitrogens is 2. The van der Waals surface area contributed by atoms with Gasteiger partial charge in [-0.2, -0.15) is 0 Å². The smallest absolute Gasteiger partial charge is 0.410 e. The first kappa shape index (κ1) is 13.1. The lowest BCUT2D eigenvalue weighted by molar-refractivity contribution is 0.200. The van der Waals surface area contributed by atoms with Gasteiger partial charge in [-0.15, -0.1) is 0 Å². The van der Waals surface area contributed by atoms with Crippen LogP contribution in [0.3, 0.4) is 0 Å². The number of carbonyl (C=O) groups excluding carboxylic acids is 1. The van der Waals surface area contributed by atoms with E-state index in [2.05, 4.69) is 15.3 Å². The number of hydrogen-bond acceptors (Lipinski definition) is 4. The number of amides is 1. The van der Waals surface area contributed by atoms with Crippen LogP contribution >= 0.6 is 0 Å². The molecule has 0 aliphatic carbocycles. The van der Waals surface area contributed by atoms with Crippen molar-refractivity contribution in [2.45, 2.75) is 6.54 Å². The molecule has 3 rings (SSSR count). The SMILES string of the molecule is O=C(NCc1ccc2nccnc2c1)Oc1ccccc1.